The van der Waals surface area contributed by atoms with Crippen molar-refractivity contribution in [2.45, 2.75) is 38.8 Å². The van der Waals surface area contributed by atoms with Gasteiger partial charge in [0.05, 0.1) is 32.6 Å². The summed E-state index contributed by atoms with van der Waals surface area (Å²) < 4.78 is 17.2. The van der Waals surface area contributed by atoms with Gasteiger partial charge in [-0.3, -0.25) is 9.89 Å². The Labute approximate surface area is 209 Å². The van der Waals surface area contributed by atoms with Gasteiger partial charge in [-0.15, -0.1) is 0 Å². The van der Waals surface area contributed by atoms with Crippen molar-refractivity contribution in [2.75, 3.05) is 13.7 Å². The highest BCUT2D eigenvalue weighted by atomic mass is 16.5. The number of phenols is 1. The third-order valence-electron chi connectivity index (χ3n) is 6.44. The molecule has 0 fully saturated rings. The SMILES string of the molecule is CCCCCOc1ccc(C2c3c(-c4ccccc4O)n[nH]c3C(=O)N2Cc2ccco2)cc1OC. The lowest BCUT2D eigenvalue weighted by Crippen LogP contribution is -2.29. The Bertz CT molecular complexity index is 1350. The number of carbonyl (C=O) groups excluding carboxylic acids is 1. The van der Waals surface area contributed by atoms with Crippen molar-refractivity contribution in [3.8, 4) is 28.5 Å². The van der Waals surface area contributed by atoms with Crippen LogP contribution in [0.4, 0.5) is 0 Å². The summed E-state index contributed by atoms with van der Waals surface area (Å²) in [4.78, 5) is 15.3. The lowest BCUT2D eigenvalue weighted by molar-refractivity contribution is 0.0716. The highest BCUT2D eigenvalue weighted by molar-refractivity contribution is 6.00. The fraction of sp³-hybridized carbons (Fsp3) is 0.286. The molecule has 5 rings (SSSR count). The first kappa shape index (κ1) is 23.5. The summed E-state index contributed by atoms with van der Waals surface area (Å²) in [5, 5.41) is 17.9. The Morgan fingerprint density at radius 3 is 2.72 bits per heavy atom. The van der Waals surface area contributed by atoms with E-state index in [4.69, 9.17) is 13.9 Å². The number of H-pyrrole nitrogens is 1. The zero-order valence-electron chi connectivity index (χ0n) is 20.4. The van der Waals surface area contributed by atoms with E-state index in [1.54, 1.807) is 42.5 Å². The first-order valence-corrected chi connectivity index (χ1v) is 12.1. The van der Waals surface area contributed by atoms with Gasteiger partial charge in [-0.1, -0.05) is 38.0 Å². The molecule has 0 bridgehead atoms. The summed E-state index contributed by atoms with van der Waals surface area (Å²) in [5.41, 5.74) is 3.01. The number of unbranched alkanes of at least 4 members (excludes halogenated alkanes) is 2. The number of amides is 1. The zero-order valence-corrected chi connectivity index (χ0v) is 20.4. The Morgan fingerprint density at radius 2 is 1.97 bits per heavy atom. The van der Waals surface area contributed by atoms with E-state index in [0.29, 0.717) is 46.4 Å². The smallest absolute Gasteiger partial charge is 0.273 e. The topological polar surface area (TPSA) is 101 Å². The molecule has 2 aromatic heterocycles. The minimum atomic E-state index is -0.478. The third kappa shape index (κ3) is 4.30. The summed E-state index contributed by atoms with van der Waals surface area (Å²) in [7, 11) is 1.61. The van der Waals surface area contributed by atoms with Gasteiger partial charge in [-0.25, -0.2) is 0 Å². The molecule has 8 nitrogen and oxygen atoms in total. The minimum absolute atomic E-state index is 0.0934. The van der Waals surface area contributed by atoms with Gasteiger partial charge in [0.2, 0.25) is 0 Å². The number of aromatic nitrogens is 2. The summed E-state index contributed by atoms with van der Waals surface area (Å²) in [6.07, 6.45) is 4.78. The standard InChI is InChI=1S/C28H29N3O5/c1-3-4-7-14-36-22-13-12-18(16-23(22)34-2)27-24-25(20-10-5-6-11-21(20)32)29-30-26(24)28(33)31(27)17-19-9-8-15-35-19/h5-6,8-13,15-16,27,32H,3-4,7,14,17H2,1-2H3,(H,29,30). The third-order valence-corrected chi connectivity index (χ3v) is 6.44. The lowest BCUT2D eigenvalue weighted by Gasteiger charge is -2.26. The molecule has 3 heterocycles. The molecule has 1 unspecified atom stereocenters. The number of benzene rings is 2. The second kappa shape index (κ2) is 10.2. The number of aromatic hydroxyl groups is 1. The van der Waals surface area contributed by atoms with Crippen LogP contribution >= 0.6 is 0 Å². The summed E-state index contributed by atoms with van der Waals surface area (Å²) in [5.74, 6) is 1.82. The molecule has 0 saturated heterocycles. The number of ether oxygens (including phenoxy) is 2. The van der Waals surface area contributed by atoms with Gasteiger partial charge in [0.1, 0.15) is 22.9 Å². The van der Waals surface area contributed by atoms with E-state index in [0.717, 1.165) is 24.8 Å². The molecule has 36 heavy (non-hydrogen) atoms. The molecule has 2 aromatic carbocycles. The van der Waals surface area contributed by atoms with E-state index >= 15 is 0 Å². The number of para-hydroxylation sites is 1. The first-order chi connectivity index (χ1) is 17.6. The molecule has 186 valence electrons. The van der Waals surface area contributed by atoms with Gasteiger partial charge >= 0.3 is 0 Å². The molecule has 0 aliphatic carbocycles. The Kier molecular flexibility index (Phi) is 6.66. The number of rotatable bonds is 10. The van der Waals surface area contributed by atoms with Crippen molar-refractivity contribution in [3.63, 3.8) is 0 Å². The van der Waals surface area contributed by atoms with Gasteiger partial charge in [0.15, 0.2) is 11.5 Å². The number of fused-ring (bicyclic) bond motifs is 1. The van der Waals surface area contributed by atoms with Gasteiger partial charge in [-0.05, 0) is 48.4 Å². The number of carbonyl (C=O) groups is 1. The second-order valence-corrected chi connectivity index (χ2v) is 8.76. The minimum Gasteiger partial charge on any atom is -0.507 e. The predicted octanol–water partition coefficient (Wildman–Crippen LogP) is 5.70. The number of hydrogen-bond donors (Lipinski definition) is 2. The van der Waals surface area contributed by atoms with Gasteiger partial charge in [0.25, 0.3) is 5.91 Å². The predicted molar refractivity (Wildman–Crippen MR) is 134 cm³/mol. The molecule has 0 saturated carbocycles. The van der Waals surface area contributed by atoms with Crippen LogP contribution in [0.25, 0.3) is 11.3 Å². The molecular formula is C28H29N3O5. The second-order valence-electron chi connectivity index (χ2n) is 8.76. The molecule has 1 aliphatic rings. The number of hydrogen-bond acceptors (Lipinski definition) is 6. The molecule has 2 N–H and O–H groups in total. The van der Waals surface area contributed by atoms with Crippen molar-refractivity contribution in [1.82, 2.24) is 15.1 Å². The molecule has 1 atom stereocenters. The molecule has 8 heteroatoms. The maximum Gasteiger partial charge on any atom is 0.273 e. The van der Waals surface area contributed by atoms with Crippen LogP contribution in [0.5, 0.6) is 17.2 Å². The van der Waals surface area contributed by atoms with Crippen molar-refractivity contribution in [1.29, 1.82) is 0 Å². The normalized spacial score (nSPS) is 14.8. The van der Waals surface area contributed by atoms with Crippen LogP contribution in [0.2, 0.25) is 0 Å². The molecule has 0 radical (unpaired) electrons. The number of methoxy groups -OCH3 is 1. The first-order valence-electron chi connectivity index (χ1n) is 12.1. The maximum absolute atomic E-state index is 13.6. The molecular weight excluding hydrogens is 458 g/mol. The van der Waals surface area contributed by atoms with E-state index < -0.39 is 6.04 Å². The monoisotopic (exact) mass is 487 g/mol. The Morgan fingerprint density at radius 1 is 1.11 bits per heavy atom. The summed E-state index contributed by atoms with van der Waals surface area (Å²) >= 11 is 0. The maximum atomic E-state index is 13.6. The van der Waals surface area contributed by atoms with Crippen LogP contribution in [0.15, 0.2) is 65.3 Å². The van der Waals surface area contributed by atoms with Crippen molar-refractivity contribution in [2.24, 2.45) is 0 Å². The van der Waals surface area contributed by atoms with E-state index in [1.807, 2.05) is 30.3 Å². The van der Waals surface area contributed by atoms with Crippen molar-refractivity contribution < 1.29 is 23.8 Å². The van der Waals surface area contributed by atoms with Crippen LogP contribution in [0.1, 0.15) is 59.6 Å². The molecule has 4 aromatic rings. The average molecular weight is 488 g/mol. The van der Waals surface area contributed by atoms with Gasteiger partial charge in [-0.2, -0.15) is 5.10 Å². The van der Waals surface area contributed by atoms with E-state index in [9.17, 15) is 9.90 Å². The highest BCUT2D eigenvalue weighted by Gasteiger charge is 2.43. The van der Waals surface area contributed by atoms with Crippen LogP contribution in [0, 0.1) is 0 Å². The van der Waals surface area contributed by atoms with E-state index in [-0.39, 0.29) is 18.2 Å². The number of phenolic OH excluding ortho intramolecular Hbond substituents is 1. The fourth-order valence-electron chi connectivity index (χ4n) is 4.66. The van der Waals surface area contributed by atoms with Crippen LogP contribution in [-0.2, 0) is 6.54 Å². The highest BCUT2D eigenvalue weighted by Crippen LogP contribution is 2.46. The summed E-state index contributed by atoms with van der Waals surface area (Å²) in [6, 6.07) is 15.9. The molecule has 1 aliphatic heterocycles. The van der Waals surface area contributed by atoms with Gasteiger partial charge < -0.3 is 23.9 Å². The quantitative estimate of drug-likeness (QED) is 0.278. The van der Waals surface area contributed by atoms with Crippen LogP contribution in [0.3, 0.4) is 0 Å². The fourth-order valence-corrected chi connectivity index (χ4v) is 4.66. The molecule has 0 spiro atoms. The van der Waals surface area contributed by atoms with Crippen molar-refractivity contribution >= 4 is 5.91 Å². The zero-order chi connectivity index (χ0) is 25.1. The summed E-state index contributed by atoms with van der Waals surface area (Å²) in [6.45, 7) is 3.04. The van der Waals surface area contributed by atoms with E-state index in [1.165, 1.54) is 0 Å². The average Bonchev–Trinajstić information content (AvgIpc) is 3.62. The van der Waals surface area contributed by atoms with Crippen molar-refractivity contribution in [3.05, 3.63) is 83.4 Å². The van der Waals surface area contributed by atoms with Crippen LogP contribution in [-0.4, -0.2) is 39.8 Å². The number of furan rings is 1. The van der Waals surface area contributed by atoms with Crippen LogP contribution < -0.4 is 9.47 Å². The number of nitrogens with zero attached hydrogens (tertiary/aromatic N) is 2. The van der Waals surface area contributed by atoms with E-state index in [2.05, 4.69) is 17.1 Å². The van der Waals surface area contributed by atoms with Gasteiger partial charge in [0, 0.05) is 11.1 Å². The Hall–Kier alpha value is -4.20. The number of aromatic amines is 1. The largest absolute Gasteiger partial charge is 0.507 e. The lowest BCUT2D eigenvalue weighted by atomic mass is 9.95. The number of nitrogens with one attached hydrogen (secondary N) is 1. The Balaban J connectivity index is 1.58. The molecule has 1 amide bonds.